The largest absolute Gasteiger partial charge is 0.338 e. The van der Waals surface area contributed by atoms with E-state index >= 15 is 0 Å². The Morgan fingerprint density at radius 2 is 2.06 bits per heavy atom. The Bertz CT molecular complexity index is 1320. The van der Waals surface area contributed by atoms with E-state index in [2.05, 4.69) is 15.0 Å². The third-order valence-electron chi connectivity index (χ3n) is 6.20. The van der Waals surface area contributed by atoms with Gasteiger partial charge in [0.15, 0.2) is 0 Å². The van der Waals surface area contributed by atoms with Crippen LogP contribution in [0.25, 0.3) is 11.4 Å². The fourth-order valence-electron chi connectivity index (χ4n) is 4.45. The Morgan fingerprint density at radius 3 is 2.88 bits per heavy atom. The maximum atomic E-state index is 13.5. The van der Waals surface area contributed by atoms with Crippen molar-refractivity contribution >= 4 is 5.91 Å². The second kappa shape index (κ2) is 9.51. The number of imidazole rings is 1. The number of amides is 1. The van der Waals surface area contributed by atoms with Crippen LogP contribution in [0, 0.1) is 5.82 Å². The maximum absolute atomic E-state index is 13.5. The lowest BCUT2D eigenvalue weighted by atomic mass is 9.94. The van der Waals surface area contributed by atoms with E-state index in [1.165, 1.54) is 12.1 Å². The zero-order valence-corrected chi connectivity index (χ0v) is 18.9. The second-order valence-electron chi connectivity index (χ2n) is 8.65. The van der Waals surface area contributed by atoms with E-state index in [1.54, 1.807) is 49.3 Å². The molecule has 0 aliphatic carbocycles. The molecule has 0 radical (unpaired) electrons. The topological polar surface area (TPSA) is 76.8 Å². The van der Waals surface area contributed by atoms with Gasteiger partial charge in [0.2, 0.25) is 0 Å². The average molecular weight is 457 g/mol. The molecule has 34 heavy (non-hydrogen) atoms. The molecule has 8 heteroatoms. The molecule has 0 spiro atoms. The van der Waals surface area contributed by atoms with Crippen LogP contribution in [0.5, 0.6) is 0 Å². The van der Waals surface area contributed by atoms with Crippen LogP contribution < -0.4 is 0 Å². The third-order valence-corrected chi connectivity index (χ3v) is 6.20. The number of rotatable bonds is 5. The van der Waals surface area contributed by atoms with Gasteiger partial charge in [0, 0.05) is 56.1 Å². The molecule has 1 amide bonds. The number of aryl methyl sites for hydroxylation is 1. The molecule has 4 heterocycles. The highest BCUT2D eigenvalue weighted by Gasteiger charge is 2.27. The fourth-order valence-corrected chi connectivity index (χ4v) is 4.45. The summed E-state index contributed by atoms with van der Waals surface area (Å²) < 4.78 is 15.4. The molecule has 1 atom stereocenters. The summed E-state index contributed by atoms with van der Waals surface area (Å²) in [7, 11) is 1.93. The van der Waals surface area contributed by atoms with Crippen molar-refractivity contribution in [2.75, 3.05) is 13.1 Å². The van der Waals surface area contributed by atoms with Gasteiger partial charge in [0.05, 0.1) is 30.1 Å². The molecule has 1 aliphatic rings. The van der Waals surface area contributed by atoms with Gasteiger partial charge in [0.25, 0.3) is 5.91 Å². The van der Waals surface area contributed by atoms with E-state index in [0.717, 1.165) is 41.2 Å². The number of aromatic nitrogens is 5. The van der Waals surface area contributed by atoms with Gasteiger partial charge in [-0.3, -0.25) is 14.8 Å². The monoisotopic (exact) mass is 456 g/mol. The Morgan fingerprint density at radius 1 is 1.15 bits per heavy atom. The number of hydrogen-bond acceptors (Lipinski definition) is 5. The zero-order chi connectivity index (χ0) is 23.5. The van der Waals surface area contributed by atoms with Crippen molar-refractivity contribution in [2.24, 2.45) is 7.05 Å². The van der Waals surface area contributed by atoms with Crippen LogP contribution in [0.2, 0.25) is 0 Å². The minimum Gasteiger partial charge on any atom is -0.338 e. The van der Waals surface area contributed by atoms with Crippen molar-refractivity contribution in [3.8, 4) is 11.4 Å². The Labute approximate surface area is 197 Å². The summed E-state index contributed by atoms with van der Waals surface area (Å²) in [6, 6.07) is 9.99. The number of carbonyl (C=O) groups is 1. The van der Waals surface area contributed by atoms with E-state index in [1.807, 2.05) is 22.6 Å². The summed E-state index contributed by atoms with van der Waals surface area (Å²) >= 11 is 0. The molecule has 3 aromatic heterocycles. The molecule has 0 bridgehead atoms. The summed E-state index contributed by atoms with van der Waals surface area (Å²) in [5, 5.41) is 0. The number of piperidine rings is 1. The molecule has 1 aliphatic heterocycles. The highest BCUT2D eigenvalue weighted by atomic mass is 19.1. The molecule has 1 fully saturated rings. The van der Waals surface area contributed by atoms with Gasteiger partial charge in [-0.05, 0) is 42.7 Å². The van der Waals surface area contributed by atoms with E-state index in [9.17, 15) is 9.18 Å². The van der Waals surface area contributed by atoms with E-state index in [-0.39, 0.29) is 17.6 Å². The molecule has 5 rings (SSSR count). The predicted octanol–water partition coefficient (Wildman–Crippen LogP) is 4.02. The lowest BCUT2D eigenvalue weighted by Crippen LogP contribution is -2.39. The van der Waals surface area contributed by atoms with Crippen LogP contribution in [0.15, 0.2) is 67.5 Å². The predicted molar refractivity (Wildman–Crippen MR) is 126 cm³/mol. The Hall–Kier alpha value is -3.94. The van der Waals surface area contributed by atoms with Gasteiger partial charge in [-0.1, -0.05) is 12.1 Å². The average Bonchev–Trinajstić information content (AvgIpc) is 3.30. The molecule has 0 saturated carbocycles. The Kier molecular flexibility index (Phi) is 6.12. The van der Waals surface area contributed by atoms with Crippen LogP contribution in [0.4, 0.5) is 4.39 Å². The first-order valence-electron chi connectivity index (χ1n) is 11.3. The standard InChI is InChI=1S/C26H25FN6O/c1-32-17-29-15-25(32)24-14-28-13-23(31-24)20-5-3-9-33(16-20)26(34)19-7-8-30-22(12-19)11-18-4-2-6-21(27)10-18/h2,4,6-8,10,12-15,17,20H,3,5,9,11,16H2,1H3. The van der Waals surface area contributed by atoms with Gasteiger partial charge in [0.1, 0.15) is 11.5 Å². The van der Waals surface area contributed by atoms with E-state index in [4.69, 9.17) is 4.98 Å². The SMILES string of the molecule is Cn1cncc1-c1cncc(C2CCCN(C(=O)c3ccnc(Cc4cccc(F)c4)c3)C2)n1. The second-order valence-corrected chi connectivity index (χ2v) is 8.65. The van der Waals surface area contributed by atoms with Gasteiger partial charge in [-0.2, -0.15) is 0 Å². The molecule has 4 aromatic rings. The number of likely N-dealkylation sites (tertiary alicyclic amines) is 1. The van der Waals surface area contributed by atoms with E-state index in [0.29, 0.717) is 25.1 Å². The van der Waals surface area contributed by atoms with Crippen molar-refractivity contribution in [1.82, 2.24) is 29.4 Å². The lowest BCUT2D eigenvalue weighted by molar-refractivity contribution is 0.0705. The summed E-state index contributed by atoms with van der Waals surface area (Å²) in [5.74, 6) is -0.185. The summed E-state index contributed by atoms with van der Waals surface area (Å²) in [6.07, 6.45) is 11.0. The number of nitrogens with zero attached hydrogens (tertiary/aromatic N) is 6. The van der Waals surface area contributed by atoms with Crippen molar-refractivity contribution in [2.45, 2.75) is 25.2 Å². The van der Waals surface area contributed by atoms with Crippen LogP contribution in [0.1, 0.15) is 46.1 Å². The number of hydrogen-bond donors (Lipinski definition) is 0. The first-order chi connectivity index (χ1) is 16.6. The zero-order valence-electron chi connectivity index (χ0n) is 18.9. The Balaban J connectivity index is 1.32. The smallest absolute Gasteiger partial charge is 0.253 e. The fraction of sp³-hybridized carbons (Fsp3) is 0.269. The number of benzene rings is 1. The summed E-state index contributed by atoms with van der Waals surface area (Å²) in [4.78, 5) is 33.0. The third kappa shape index (κ3) is 4.71. The van der Waals surface area contributed by atoms with Crippen molar-refractivity contribution < 1.29 is 9.18 Å². The molecule has 7 nitrogen and oxygen atoms in total. The molecular weight excluding hydrogens is 431 g/mol. The molecule has 0 N–H and O–H groups in total. The van der Waals surface area contributed by atoms with Crippen LogP contribution in [0.3, 0.4) is 0 Å². The highest BCUT2D eigenvalue weighted by Crippen LogP contribution is 2.28. The normalized spacial score (nSPS) is 15.9. The van der Waals surface area contributed by atoms with Gasteiger partial charge >= 0.3 is 0 Å². The quantitative estimate of drug-likeness (QED) is 0.453. The first kappa shape index (κ1) is 21.9. The summed E-state index contributed by atoms with van der Waals surface area (Å²) in [6.45, 7) is 1.29. The minimum absolute atomic E-state index is 0.0247. The van der Waals surface area contributed by atoms with E-state index < -0.39 is 0 Å². The van der Waals surface area contributed by atoms with Crippen LogP contribution >= 0.6 is 0 Å². The highest BCUT2D eigenvalue weighted by molar-refractivity contribution is 5.94. The van der Waals surface area contributed by atoms with Crippen LogP contribution in [-0.2, 0) is 13.5 Å². The molecule has 172 valence electrons. The van der Waals surface area contributed by atoms with Crippen LogP contribution in [-0.4, -0.2) is 48.4 Å². The van der Waals surface area contributed by atoms with Crippen molar-refractivity contribution in [3.63, 3.8) is 0 Å². The number of pyridine rings is 1. The number of halogens is 1. The molecule has 1 saturated heterocycles. The number of carbonyl (C=O) groups excluding carboxylic acids is 1. The van der Waals surface area contributed by atoms with Gasteiger partial charge in [-0.25, -0.2) is 14.4 Å². The molecular formula is C26H25FN6O. The van der Waals surface area contributed by atoms with Crippen molar-refractivity contribution in [3.05, 3.63) is 95.8 Å². The molecule has 1 unspecified atom stereocenters. The van der Waals surface area contributed by atoms with Crippen molar-refractivity contribution in [1.29, 1.82) is 0 Å². The maximum Gasteiger partial charge on any atom is 0.253 e. The lowest BCUT2D eigenvalue weighted by Gasteiger charge is -2.32. The molecule has 1 aromatic carbocycles. The minimum atomic E-state index is -0.278. The summed E-state index contributed by atoms with van der Waals surface area (Å²) in [5.41, 5.74) is 4.72. The van der Waals surface area contributed by atoms with Gasteiger partial charge < -0.3 is 9.47 Å². The first-order valence-corrected chi connectivity index (χ1v) is 11.3. The van der Waals surface area contributed by atoms with Gasteiger partial charge in [-0.15, -0.1) is 0 Å².